The molecule has 1 rings (SSSR count). The summed E-state index contributed by atoms with van der Waals surface area (Å²) in [5, 5.41) is 2.85. The fraction of sp³-hybridized carbons (Fsp3) is 0.500. The zero-order chi connectivity index (χ0) is 15.8. The molecule has 0 unspecified atom stereocenters. The Morgan fingerprint density at radius 3 is 2.48 bits per heavy atom. The van der Waals surface area contributed by atoms with Crippen molar-refractivity contribution >= 4 is 27.7 Å². The number of hydrogen-bond donors (Lipinski definition) is 1. The lowest BCUT2D eigenvalue weighted by Gasteiger charge is -2.22. The van der Waals surface area contributed by atoms with Gasteiger partial charge in [-0.1, -0.05) is 26.0 Å². The van der Waals surface area contributed by atoms with E-state index in [1.807, 2.05) is 18.2 Å². The largest absolute Gasteiger partial charge is 0.350 e. The summed E-state index contributed by atoms with van der Waals surface area (Å²) in [5.74, 6) is 0.474. The topological polar surface area (TPSA) is 49.4 Å². The van der Waals surface area contributed by atoms with Crippen LogP contribution >= 0.6 is 15.9 Å². The number of benzene rings is 1. The first-order valence-electron chi connectivity index (χ1n) is 7.20. The van der Waals surface area contributed by atoms with E-state index in [2.05, 4.69) is 35.1 Å². The molecule has 0 aliphatic rings. The summed E-state index contributed by atoms with van der Waals surface area (Å²) in [5.41, 5.74) is 0.606. The summed E-state index contributed by atoms with van der Waals surface area (Å²) in [6.07, 6.45) is 0.970. The molecule has 0 fully saturated rings. The van der Waals surface area contributed by atoms with Gasteiger partial charge >= 0.3 is 0 Å². The maximum Gasteiger partial charge on any atom is 0.252 e. The molecule has 0 spiro atoms. The molecule has 0 aromatic heterocycles. The summed E-state index contributed by atoms with van der Waals surface area (Å²) in [7, 11) is 0. The zero-order valence-electron chi connectivity index (χ0n) is 12.9. The van der Waals surface area contributed by atoms with E-state index < -0.39 is 0 Å². The third-order valence-corrected chi connectivity index (χ3v) is 3.90. The van der Waals surface area contributed by atoms with Crippen LogP contribution in [0, 0.1) is 5.92 Å². The van der Waals surface area contributed by atoms with Gasteiger partial charge in [0.2, 0.25) is 5.91 Å². The van der Waals surface area contributed by atoms with Gasteiger partial charge in [0, 0.05) is 31.0 Å². The van der Waals surface area contributed by atoms with Crippen LogP contribution in [0.4, 0.5) is 0 Å². The van der Waals surface area contributed by atoms with Crippen molar-refractivity contribution in [3.63, 3.8) is 0 Å². The van der Waals surface area contributed by atoms with Crippen LogP contribution in [0.25, 0.3) is 0 Å². The average molecular weight is 355 g/mol. The van der Waals surface area contributed by atoms with Crippen LogP contribution in [-0.2, 0) is 4.79 Å². The van der Waals surface area contributed by atoms with Crippen molar-refractivity contribution in [2.24, 2.45) is 5.92 Å². The lowest BCUT2D eigenvalue weighted by Crippen LogP contribution is -2.38. The molecule has 0 radical (unpaired) electrons. The minimum Gasteiger partial charge on any atom is -0.350 e. The van der Waals surface area contributed by atoms with Gasteiger partial charge in [0.05, 0.1) is 5.56 Å². The number of carbonyl (C=O) groups excluding carboxylic acids is 2. The van der Waals surface area contributed by atoms with Gasteiger partial charge in [0.1, 0.15) is 0 Å². The molecule has 0 aliphatic heterocycles. The van der Waals surface area contributed by atoms with E-state index in [9.17, 15) is 9.59 Å². The van der Waals surface area contributed by atoms with E-state index in [-0.39, 0.29) is 11.8 Å². The fourth-order valence-corrected chi connectivity index (χ4v) is 2.35. The van der Waals surface area contributed by atoms with Crippen LogP contribution in [-0.4, -0.2) is 36.3 Å². The number of halogens is 1. The molecule has 2 amide bonds. The second-order valence-corrected chi connectivity index (χ2v) is 6.28. The molecule has 1 aromatic rings. The predicted octanol–water partition coefficient (Wildman–Crippen LogP) is 3.07. The number of rotatable bonds is 7. The van der Waals surface area contributed by atoms with Gasteiger partial charge in [-0.15, -0.1) is 0 Å². The van der Waals surface area contributed by atoms with Crippen molar-refractivity contribution in [2.75, 3.05) is 19.6 Å². The molecule has 1 N–H and O–H groups in total. The Hall–Kier alpha value is -1.36. The monoisotopic (exact) mass is 354 g/mol. The van der Waals surface area contributed by atoms with Crippen LogP contribution in [0.15, 0.2) is 28.7 Å². The first kappa shape index (κ1) is 17.7. The molecule has 0 aliphatic carbocycles. The molecule has 1 aromatic carbocycles. The highest BCUT2D eigenvalue weighted by molar-refractivity contribution is 9.10. The zero-order valence-corrected chi connectivity index (χ0v) is 14.4. The van der Waals surface area contributed by atoms with Crippen LogP contribution in [0.5, 0.6) is 0 Å². The second kappa shape index (κ2) is 8.82. The SMILES string of the molecule is CC(=O)N(CCNC(=O)c1ccccc1Br)CCC(C)C. The normalized spacial score (nSPS) is 10.5. The summed E-state index contributed by atoms with van der Waals surface area (Å²) in [6, 6.07) is 7.29. The Kier molecular flexibility index (Phi) is 7.43. The molecular formula is C16H23BrN2O2. The summed E-state index contributed by atoms with van der Waals surface area (Å²) in [6.45, 7) is 7.56. The van der Waals surface area contributed by atoms with Gasteiger partial charge in [-0.05, 0) is 40.4 Å². The van der Waals surface area contributed by atoms with Gasteiger partial charge in [-0.2, -0.15) is 0 Å². The van der Waals surface area contributed by atoms with Crippen molar-refractivity contribution in [2.45, 2.75) is 27.2 Å². The summed E-state index contributed by atoms with van der Waals surface area (Å²) >= 11 is 3.36. The molecule has 4 nitrogen and oxygen atoms in total. The number of carbonyl (C=O) groups is 2. The molecule has 0 heterocycles. The van der Waals surface area contributed by atoms with Crippen LogP contribution in [0.2, 0.25) is 0 Å². The first-order valence-corrected chi connectivity index (χ1v) is 7.99. The number of amides is 2. The smallest absolute Gasteiger partial charge is 0.252 e. The van der Waals surface area contributed by atoms with Gasteiger partial charge in [0.25, 0.3) is 5.91 Å². The summed E-state index contributed by atoms with van der Waals surface area (Å²) < 4.78 is 0.769. The minimum atomic E-state index is -0.130. The first-order chi connectivity index (χ1) is 9.91. The highest BCUT2D eigenvalue weighted by atomic mass is 79.9. The van der Waals surface area contributed by atoms with E-state index in [0.717, 1.165) is 17.4 Å². The van der Waals surface area contributed by atoms with Crippen molar-refractivity contribution in [3.8, 4) is 0 Å². The van der Waals surface area contributed by atoms with Crippen molar-refractivity contribution < 1.29 is 9.59 Å². The predicted molar refractivity (Wildman–Crippen MR) is 88.2 cm³/mol. The molecule has 21 heavy (non-hydrogen) atoms. The lowest BCUT2D eigenvalue weighted by molar-refractivity contribution is -0.128. The summed E-state index contributed by atoms with van der Waals surface area (Å²) in [4.78, 5) is 25.4. The maximum absolute atomic E-state index is 12.0. The van der Waals surface area contributed by atoms with E-state index in [4.69, 9.17) is 0 Å². The molecule has 0 bridgehead atoms. The Balaban J connectivity index is 2.45. The van der Waals surface area contributed by atoms with Crippen molar-refractivity contribution in [1.29, 1.82) is 0 Å². The van der Waals surface area contributed by atoms with Crippen molar-refractivity contribution in [3.05, 3.63) is 34.3 Å². The van der Waals surface area contributed by atoms with E-state index in [0.29, 0.717) is 24.6 Å². The number of nitrogens with one attached hydrogen (secondary N) is 1. The molecule has 116 valence electrons. The third kappa shape index (κ3) is 6.29. The number of nitrogens with zero attached hydrogens (tertiary/aromatic N) is 1. The van der Waals surface area contributed by atoms with E-state index >= 15 is 0 Å². The number of hydrogen-bond acceptors (Lipinski definition) is 2. The quantitative estimate of drug-likeness (QED) is 0.817. The van der Waals surface area contributed by atoms with E-state index in [1.165, 1.54) is 0 Å². The average Bonchev–Trinajstić information content (AvgIpc) is 2.42. The minimum absolute atomic E-state index is 0.0470. The standard InChI is InChI=1S/C16H23BrN2O2/c1-12(2)8-10-19(13(3)20)11-9-18-16(21)14-6-4-5-7-15(14)17/h4-7,12H,8-11H2,1-3H3,(H,18,21). The third-order valence-electron chi connectivity index (χ3n) is 3.21. The molecule has 0 saturated carbocycles. The highest BCUT2D eigenvalue weighted by Gasteiger charge is 2.12. The van der Waals surface area contributed by atoms with Gasteiger partial charge < -0.3 is 10.2 Å². The second-order valence-electron chi connectivity index (χ2n) is 5.42. The van der Waals surface area contributed by atoms with E-state index in [1.54, 1.807) is 17.9 Å². The van der Waals surface area contributed by atoms with Gasteiger partial charge in [0.15, 0.2) is 0 Å². The van der Waals surface area contributed by atoms with Crippen LogP contribution < -0.4 is 5.32 Å². The Bertz CT molecular complexity index is 489. The van der Waals surface area contributed by atoms with Crippen LogP contribution in [0.1, 0.15) is 37.6 Å². The van der Waals surface area contributed by atoms with Crippen molar-refractivity contribution in [1.82, 2.24) is 10.2 Å². The fourth-order valence-electron chi connectivity index (χ4n) is 1.89. The molecule has 0 saturated heterocycles. The molecular weight excluding hydrogens is 332 g/mol. The van der Waals surface area contributed by atoms with Crippen LogP contribution in [0.3, 0.4) is 0 Å². The highest BCUT2D eigenvalue weighted by Crippen LogP contribution is 2.15. The Morgan fingerprint density at radius 2 is 1.90 bits per heavy atom. The molecule has 5 heteroatoms. The Labute approximate surface area is 135 Å². The van der Waals surface area contributed by atoms with Gasteiger partial charge in [-0.25, -0.2) is 0 Å². The maximum atomic E-state index is 12.0. The lowest BCUT2D eigenvalue weighted by atomic mass is 10.1. The van der Waals surface area contributed by atoms with Gasteiger partial charge in [-0.3, -0.25) is 9.59 Å². The Morgan fingerprint density at radius 1 is 1.24 bits per heavy atom. The molecule has 0 atom stereocenters.